The average molecular weight is 152 g/mol. The van der Waals surface area contributed by atoms with Gasteiger partial charge >= 0.3 is 0 Å². The minimum absolute atomic E-state index is 0.0804. The Balaban J connectivity index is 2.96. The molecule has 0 atom stereocenters. The molecular formula is C9H12O2. The highest BCUT2D eigenvalue weighted by molar-refractivity contribution is 5.39. The lowest BCUT2D eigenvalue weighted by Crippen LogP contribution is -1.91. The zero-order valence-corrected chi connectivity index (χ0v) is 6.54. The van der Waals surface area contributed by atoms with Crippen LogP contribution in [-0.4, -0.2) is 16.8 Å². The maximum absolute atomic E-state index is 9.42. The number of aliphatic hydroxyl groups excluding tert-OH is 1. The number of para-hydroxylation sites is 1. The third kappa shape index (κ3) is 1.71. The van der Waals surface area contributed by atoms with Crippen LogP contribution < -0.4 is 0 Å². The summed E-state index contributed by atoms with van der Waals surface area (Å²) < 4.78 is 0. The Hall–Kier alpha value is -1.02. The summed E-state index contributed by atoms with van der Waals surface area (Å²) in [5.74, 6) is 0.307. The summed E-state index contributed by atoms with van der Waals surface area (Å²) in [5.41, 5.74) is 1.67. The SMILES string of the molecule is Cc1cccc(CCO)c1O. The molecule has 1 aromatic rings. The zero-order chi connectivity index (χ0) is 8.27. The van der Waals surface area contributed by atoms with Crippen molar-refractivity contribution in [2.75, 3.05) is 6.61 Å². The molecular weight excluding hydrogens is 140 g/mol. The van der Waals surface area contributed by atoms with Crippen LogP contribution in [-0.2, 0) is 6.42 Å². The lowest BCUT2D eigenvalue weighted by Gasteiger charge is -2.03. The molecule has 60 valence electrons. The Morgan fingerprint density at radius 3 is 2.73 bits per heavy atom. The van der Waals surface area contributed by atoms with Gasteiger partial charge in [-0.1, -0.05) is 18.2 Å². The van der Waals surface area contributed by atoms with E-state index in [0.717, 1.165) is 11.1 Å². The van der Waals surface area contributed by atoms with Gasteiger partial charge in [-0.05, 0) is 24.5 Å². The van der Waals surface area contributed by atoms with E-state index in [2.05, 4.69) is 0 Å². The molecule has 0 bridgehead atoms. The second-order valence-electron chi connectivity index (χ2n) is 2.56. The van der Waals surface area contributed by atoms with E-state index < -0.39 is 0 Å². The summed E-state index contributed by atoms with van der Waals surface area (Å²) in [4.78, 5) is 0. The average Bonchev–Trinajstić information content (AvgIpc) is 1.99. The minimum atomic E-state index is 0.0804. The van der Waals surface area contributed by atoms with Crippen LogP contribution in [0.15, 0.2) is 18.2 Å². The van der Waals surface area contributed by atoms with Crippen LogP contribution >= 0.6 is 0 Å². The van der Waals surface area contributed by atoms with E-state index in [0.29, 0.717) is 12.2 Å². The Morgan fingerprint density at radius 2 is 2.09 bits per heavy atom. The van der Waals surface area contributed by atoms with E-state index >= 15 is 0 Å². The van der Waals surface area contributed by atoms with Gasteiger partial charge < -0.3 is 10.2 Å². The van der Waals surface area contributed by atoms with Crippen LogP contribution in [0.25, 0.3) is 0 Å². The molecule has 0 aromatic heterocycles. The molecule has 0 aliphatic heterocycles. The minimum Gasteiger partial charge on any atom is -0.507 e. The largest absolute Gasteiger partial charge is 0.507 e. The fourth-order valence-electron chi connectivity index (χ4n) is 1.04. The van der Waals surface area contributed by atoms with Crippen molar-refractivity contribution in [2.24, 2.45) is 0 Å². The first-order valence-corrected chi connectivity index (χ1v) is 3.64. The van der Waals surface area contributed by atoms with Gasteiger partial charge in [-0.25, -0.2) is 0 Å². The number of rotatable bonds is 2. The van der Waals surface area contributed by atoms with Crippen molar-refractivity contribution in [2.45, 2.75) is 13.3 Å². The molecule has 0 aliphatic carbocycles. The highest BCUT2D eigenvalue weighted by Gasteiger charge is 2.01. The van der Waals surface area contributed by atoms with Crippen molar-refractivity contribution in [1.29, 1.82) is 0 Å². The second-order valence-corrected chi connectivity index (χ2v) is 2.56. The van der Waals surface area contributed by atoms with Gasteiger partial charge in [-0.3, -0.25) is 0 Å². The third-order valence-corrected chi connectivity index (χ3v) is 1.70. The smallest absolute Gasteiger partial charge is 0.121 e. The van der Waals surface area contributed by atoms with Crippen molar-refractivity contribution in [1.82, 2.24) is 0 Å². The summed E-state index contributed by atoms with van der Waals surface area (Å²) in [6.07, 6.45) is 0.521. The summed E-state index contributed by atoms with van der Waals surface area (Å²) >= 11 is 0. The van der Waals surface area contributed by atoms with Gasteiger partial charge in [0.2, 0.25) is 0 Å². The predicted octanol–water partition coefficient (Wildman–Crippen LogP) is 1.24. The van der Waals surface area contributed by atoms with Gasteiger partial charge in [-0.15, -0.1) is 0 Å². The first kappa shape index (κ1) is 8.08. The molecule has 0 saturated carbocycles. The number of hydrogen-bond donors (Lipinski definition) is 2. The Morgan fingerprint density at radius 1 is 1.36 bits per heavy atom. The van der Waals surface area contributed by atoms with Gasteiger partial charge in [0, 0.05) is 6.61 Å². The normalized spacial score (nSPS) is 10.0. The van der Waals surface area contributed by atoms with Crippen molar-refractivity contribution in [3.05, 3.63) is 29.3 Å². The molecule has 0 aliphatic rings. The molecule has 0 unspecified atom stereocenters. The fraction of sp³-hybridized carbons (Fsp3) is 0.333. The molecule has 2 N–H and O–H groups in total. The van der Waals surface area contributed by atoms with Gasteiger partial charge in [0.1, 0.15) is 5.75 Å². The lowest BCUT2D eigenvalue weighted by atomic mass is 10.1. The quantitative estimate of drug-likeness (QED) is 0.669. The van der Waals surface area contributed by atoms with Crippen LogP contribution in [0.2, 0.25) is 0 Å². The zero-order valence-electron chi connectivity index (χ0n) is 6.54. The fourth-order valence-corrected chi connectivity index (χ4v) is 1.04. The maximum atomic E-state index is 9.42. The maximum Gasteiger partial charge on any atom is 0.121 e. The highest BCUT2D eigenvalue weighted by atomic mass is 16.3. The number of benzene rings is 1. The number of aryl methyl sites for hydroxylation is 1. The van der Waals surface area contributed by atoms with Crippen molar-refractivity contribution in [3.63, 3.8) is 0 Å². The number of aliphatic hydroxyl groups is 1. The second kappa shape index (κ2) is 3.39. The van der Waals surface area contributed by atoms with Gasteiger partial charge in [0.15, 0.2) is 0 Å². The van der Waals surface area contributed by atoms with Crippen LogP contribution in [0.3, 0.4) is 0 Å². The number of hydrogen-bond acceptors (Lipinski definition) is 2. The molecule has 0 amide bonds. The van der Waals surface area contributed by atoms with Crippen LogP contribution in [0.4, 0.5) is 0 Å². The standard InChI is InChI=1S/C9H12O2/c1-7-3-2-4-8(5-6-10)9(7)11/h2-4,10-11H,5-6H2,1H3. The molecule has 0 heterocycles. The molecule has 0 saturated heterocycles. The topological polar surface area (TPSA) is 40.5 Å². The third-order valence-electron chi connectivity index (χ3n) is 1.70. The summed E-state index contributed by atoms with van der Waals surface area (Å²) in [6, 6.07) is 5.54. The van der Waals surface area contributed by atoms with Crippen molar-refractivity contribution in [3.8, 4) is 5.75 Å². The monoisotopic (exact) mass is 152 g/mol. The first-order valence-electron chi connectivity index (χ1n) is 3.64. The lowest BCUT2D eigenvalue weighted by molar-refractivity contribution is 0.297. The molecule has 2 nitrogen and oxygen atoms in total. The van der Waals surface area contributed by atoms with E-state index in [1.165, 1.54) is 0 Å². The first-order chi connectivity index (χ1) is 5.25. The summed E-state index contributed by atoms with van der Waals surface area (Å²) in [6.45, 7) is 1.92. The summed E-state index contributed by atoms with van der Waals surface area (Å²) in [7, 11) is 0. The number of phenols is 1. The van der Waals surface area contributed by atoms with Crippen LogP contribution in [0, 0.1) is 6.92 Å². The molecule has 11 heavy (non-hydrogen) atoms. The van der Waals surface area contributed by atoms with Crippen LogP contribution in [0.5, 0.6) is 5.75 Å². The van der Waals surface area contributed by atoms with Crippen molar-refractivity contribution >= 4 is 0 Å². The number of phenolic OH excluding ortho intramolecular Hbond substituents is 1. The molecule has 2 heteroatoms. The summed E-state index contributed by atoms with van der Waals surface area (Å²) in [5, 5.41) is 18.0. The van der Waals surface area contributed by atoms with E-state index in [4.69, 9.17) is 5.11 Å². The van der Waals surface area contributed by atoms with Gasteiger partial charge in [0.05, 0.1) is 0 Å². The Bertz CT molecular complexity index is 243. The highest BCUT2D eigenvalue weighted by Crippen LogP contribution is 2.21. The molecule has 1 rings (SSSR count). The van der Waals surface area contributed by atoms with Gasteiger partial charge in [0.25, 0.3) is 0 Å². The Labute approximate surface area is 66.1 Å². The number of aromatic hydroxyl groups is 1. The van der Waals surface area contributed by atoms with Gasteiger partial charge in [-0.2, -0.15) is 0 Å². The van der Waals surface area contributed by atoms with E-state index in [-0.39, 0.29) is 6.61 Å². The van der Waals surface area contributed by atoms with Crippen LogP contribution in [0.1, 0.15) is 11.1 Å². The molecule has 1 aromatic carbocycles. The molecule has 0 fully saturated rings. The molecule has 0 radical (unpaired) electrons. The van der Waals surface area contributed by atoms with Crippen molar-refractivity contribution < 1.29 is 10.2 Å². The van der Waals surface area contributed by atoms with E-state index in [1.807, 2.05) is 25.1 Å². The van der Waals surface area contributed by atoms with E-state index in [9.17, 15) is 5.11 Å². The Kier molecular flexibility index (Phi) is 2.49. The molecule has 0 spiro atoms. The predicted molar refractivity (Wildman–Crippen MR) is 43.6 cm³/mol. The van der Waals surface area contributed by atoms with E-state index in [1.54, 1.807) is 0 Å².